The van der Waals surface area contributed by atoms with Crippen LogP contribution in [-0.2, 0) is 0 Å². The van der Waals surface area contributed by atoms with Crippen LogP contribution in [0.3, 0.4) is 0 Å². The number of nitrogens with one attached hydrogen (secondary N) is 1. The molecular formula is C18H40N2. The zero-order valence-electron chi connectivity index (χ0n) is 15.3. The quantitative estimate of drug-likeness (QED) is 0.559. The molecule has 0 bridgehead atoms. The average Bonchev–Trinajstić information content (AvgIpc) is 2.45. The van der Waals surface area contributed by atoms with E-state index in [1.54, 1.807) is 0 Å². The summed E-state index contributed by atoms with van der Waals surface area (Å²) in [6, 6.07) is 0.625. The highest BCUT2D eigenvalue weighted by atomic mass is 15.2. The van der Waals surface area contributed by atoms with Gasteiger partial charge in [0.05, 0.1) is 0 Å². The number of hydrogen-bond acceptors (Lipinski definition) is 2. The predicted octanol–water partition coefficient (Wildman–Crippen LogP) is 4.69. The van der Waals surface area contributed by atoms with Crippen LogP contribution in [-0.4, -0.2) is 36.1 Å². The van der Waals surface area contributed by atoms with Crippen LogP contribution in [0.1, 0.15) is 80.6 Å². The van der Waals surface area contributed by atoms with Crippen LogP contribution in [0.25, 0.3) is 0 Å². The van der Waals surface area contributed by atoms with Crippen LogP contribution >= 0.6 is 0 Å². The van der Waals surface area contributed by atoms with Gasteiger partial charge in [-0.2, -0.15) is 0 Å². The summed E-state index contributed by atoms with van der Waals surface area (Å²) in [6.07, 6.45) is 6.33. The molecule has 0 saturated heterocycles. The van der Waals surface area contributed by atoms with Crippen LogP contribution in [0.5, 0.6) is 0 Å². The molecule has 1 unspecified atom stereocenters. The van der Waals surface area contributed by atoms with Crippen molar-refractivity contribution < 1.29 is 0 Å². The highest BCUT2D eigenvalue weighted by Gasteiger charge is 2.39. The Balaban J connectivity index is 5.15. The van der Waals surface area contributed by atoms with Crippen LogP contribution in [0.2, 0.25) is 0 Å². The third kappa shape index (κ3) is 5.37. The van der Waals surface area contributed by atoms with Gasteiger partial charge in [-0.05, 0) is 57.7 Å². The predicted molar refractivity (Wildman–Crippen MR) is 92.4 cm³/mol. The fourth-order valence-corrected chi connectivity index (χ4v) is 3.64. The van der Waals surface area contributed by atoms with E-state index in [4.69, 9.17) is 0 Å². The number of rotatable bonds is 12. The largest absolute Gasteiger partial charge is 0.312 e. The molecule has 0 aliphatic heterocycles. The molecule has 0 amide bonds. The maximum atomic E-state index is 3.88. The van der Waals surface area contributed by atoms with E-state index in [0.29, 0.717) is 11.6 Å². The maximum Gasteiger partial charge on any atom is 0.0357 e. The molecule has 0 aromatic rings. The maximum absolute atomic E-state index is 3.88. The van der Waals surface area contributed by atoms with Crippen LogP contribution in [0, 0.1) is 5.92 Å². The molecule has 0 aromatic carbocycles. The molecule has 0 rings (SSSR count). The monoisotopic (exact) mass is 284 g/mol. The molecule has 122 valence electrons. The van der Waals surface area contributed by atoms with Crippen molar-refractivity contribution in [2.45, 2.75) is 92.2 Å². The van der Waals surface area contributed by atoms with Crippen molar-refractivity contribution in [2.24, 2.45) is 5.92 Å². The normalized spacial score (nSPS) is 14.2. The SMILES string of the molecule is CCCNC(CCC(C)C)C(CC)(CC)N(CC)CC. The van der Waals surface area contributed by atoms with Gasteiger partial charge in [-0.15, -0.1) is 0 Å². The zero-order chi connectivity index (χ0) is 15.6. The molecule has 0 saturated carbocycles. The van der Waals surface area contributed by atoms with E-state index in [-0.39, 0.29) is 0 Å². The number of hydrogen-bond donors (Lipinski definition) is 1. The fraction of sp³-hybridized carbons (Fsp3) is 1.00. The highest BCUT2D eigenvalue weighted by Crippen LogP contribution is 2.31. The number of nitrogens with zero attached hydrogens (tertiary/aromatic N) is 1. The molecule has 0 aromatic heterocycles. The third-order valence-corrected chi connectivity index (χ3v) is 4.94. The second kappa shape index (κ2) is 10.6. The highest BCUT2D eigenvalue weighted by molar-refractivity contribution is 4.98. The minimum Gasteiger partial charge on any atom is -0.312 e. The molecule has 0 radical (unpaired) electrons. The molecule has 0 aliphatic rings. The molecule has 0 spiro atoms. The summed E-state index contributed by atoms with van der Waals surface area (Å²) in [4.78, 5) is 2.70. The van der Waals surface area contributed by atoms with Crippen molar-refractivity contribution in [2.75, 3.05) is 19.6 Å². The zero-order valence-corrected chi connectivity index (χ0v) is 15.3. The van der Waals surface area contributed by atoms with E-state index >= 15 is 0 Å². The summed E-state index contributed by atoms with van der Waals surface area (Å²) in [7, 11) is 0. The van der Waals surface area contributed by atoms with E-state index in [1.165, 1.54) is 32.1 Å². The van der Waals surface area contributed by atoms with Gasteiger partial charge in [-0.1, -0.05) is 48.5 Å². The van der Waals surface area contributed by atoms with Gasteiger partial charge in [-0.3, -0.25) is 4.90 Å². The van der Waals surface area contributed by atoms with Gasteiger partial charge in [0.1, 0.15) is 0 Å². The second-order valence-electron chi connectivity index (χ2n) is 6.46. The molecule has 2 heteroatoms. The third-order valence-electron chi connectivity index (χ3n) is 4.94. The first-order chi connectivity index (χ1) is 9.52. The average molecular weight is 285 g/mol. The Kier molecular flexibility index (Phi) is 10.6. The summed E-state index contributed by atoms with van der Waals surface area (Å²) in [5.41, 5.74) is 0.327. The smallest absolute Gasteiger partial charge is 0.0357 e. The Morgan fingerprint density at radius 3 is 1.80 bits per heavy atom. The summed E-state index contributed by atoms with van der Waals surface area (Å²) in [5.74, 6) is 0.795. The molecule has 20 heavy (non-hydrogen) atoms. The molecule has 0 heterocycles. The van der Waals surface area contributed by atoms with E-state index < -0.39 is 0 Å². The standard InChI is InChI=1S/C18H40N2/c1-8-15-19-17(14-13-16(6)7)18(9-2,10-3)20(11-4)12-5/h16-17,19H,8-15H2,1-7H3. The first-order valence-electron chi connectivity index (χ1n) is 9.00. The lowest BCUT2D eigenvalue weighted by Crippen LogP contribution is -2.61. The second-order valence-corrected chi connectivity index (χ2v) is 6.46. The van der Waals surface area contributed by atoms with Gasteiger partial charge in [0.2, 0.25) is 0 Å². The van der Waals surface area contributed by atoms with Crippen molar-refractivity contribution in [3.63, 3.8) is 0 Å². The van der Waals surface area contributed by atoms with E-state index in [0.717, 1.165) is 25.6 Å². The van der Waals surface area contributed by atoms with Gasteiger partial charge >= 0.3 is 0 Å². The van der Waals surface area contributed by atoms with Crippen molar-refractivity contribution in [1.29, 1.82) is 0 Å². The minimum absolute atomic E-state index is 0.327. The number of likely N-dealkylation sites (N-methyl/N-ethyl adjacent to an activating group) is 1. The molecule has 1 atom stereocenters. The lowest BCUT2D eigenvalue weighted by atomic mass is 9.79. The molecule has 0 fully saturated rings. The Morgan fingerprint density at radius 1 is 0.900 bits per heavy atom. The molecule has 0 aliphatic carbocycles. The lowest BCUT2D eigenvalue weighted by Gasteiger charge is -2.48. The Morgan fingerprint density at radius 2 is 1.45 bits per heavy atom. The van der Waals surface area contributed by atoms with Crippen molar-refractivity contribution in [1.82, 2.24) is 10.2 Å². The Hall–Kier alpha value is -0.0800. The van der Waals surface area contributed by atoms with Crippen LogP contribution in [0.15, 0.2) is 0 Å². The first-order valence-corrected chi connectivity index (χ1v) is 9.00. The van der Waals surface area contributed by atoms with E-state index in [2.05, 4.69) is 58.7 Å². The minimum atomic E-state index is 0.327. The summed E-state index contributed by atoms with van der Waals surface area (Å²) < 4.78 is 0. The van der Waals surface area contributed by atoms with Gasteiger partial charge < -0.3 is 5.32 Å². The van der Waals surface area contributed by atoms with Gasteiger partial charge in [0.25, 0.3) is 0 Å². The van der Waals surface area contributed by atoms with Crippen molar-refractivity contribution in [3.8, 4) is 0 Å². The summed E-state index contributed by atoms with van der Waals surface area (Å²) in [6.45, 7) is 19.8. The van der Waals surface area contributed by atoms with Crippen molar-refractivity contribution >= 4 is 0 Å². The Bertz CT molecular complexity index is 217. The van der Waals surface area contributed by atoms with Gasteiger partial charge in [0.15, 0.2) is 0 Å². The van der Waals surface area contributed by atoms with Crippen molar-refractivity contribution in [3.05, 3.63) is 0 Å². The summed E-state index contributed by atoms with van der Waals surface area (Å²) in [5, 5.41) is 3.88. The molecular weight excluding hydrogens is 244 g/mol. The van der Waals surface area contributed by atoms with Crippen LogP contribution in [0.4, 0.5) is 0 Å². The molecule has 2 nitrogen and oxygen atoms in total. The van der Waals surface area contributed by atoms with Gasteiger partial charge in [-0.25, -0.2) is 0 Å². The molecule has 1 N–H and O–H groups in total. The lowest BCUT2D eigenvalue weighted by molar-refractivity contribution is 0.0442. The Labute approximate surface area is 128 Å². The fourth-order valence-electron chi connectivity index (χ4n) is 3.64. The summed E-state index contributed by atoms with van der Waals surface area (Å²) >= 11 is 0. The van der Waals surface area contributed by atoms with E-state index in [9.17, 15) is 0 Å². The van der Waals surface area contributed by atoms with Crippen LogP contribution < -0.4 is 5.32 Å². The topological polar surface area (TPSA) is 15.3 Å². The van der Waals surface area contributed by atoms with E-state index in [1.807, 2.05) is 0 Å². The van der Waals surface area contributed by atoms with Gasteiger partial charge in [0, 0.05) is 11.6 Å². The first kappa shape index (κ1) is 19.9.